The van der Waals surface area contributed by atoms with Crippen LogP contribution < -0.4 is 5.32 Å². The van der Waals surface area contributed by atoms with Gasteiger partial charge in [0.1, 0.15) is 17.9 Å². The second-order valence-electron chi connectivity index (χ2n) is 7.63. The molecule has 2 heterocycles. The molecule has 8 nitrogen and oxygen atoms in total. The number of hydrogen-bond donors (Lipinski definition) is 1. The van der Waals surface area contributed by atoms with Crippen LogP contribution in [0.25, 0.3) is 5.69 Å². The molecule has 3 amide bonds. The Morgan fingerprint density at radius 1 is 1.17 bits per heavy atom. The minimum absolute atomic E-state index is 0.334. The molecule has 3 rings (SSSR count). The fourth-order valence-corrected chi connectivity index (χ4v) is 3.42. The number of ketones is 1. The van der Waals surface area contributed by atoms with Crippen molar-refractivity contribution in [1.29, 1.82) is 0 Å². The molecule has 1 aliphatic rings. The number of aromatic nitrogens is 1. The van der Waals surface area contributed by atoms with Crippen molar-refractivity contribution in [2.75, 3.05) is 13.2 Å². The molecule has 1 aromatic heterocycles. The first kappa shape index (κ1) is 21.2. The number of nitrogens with one attached hydrogen (secondary N) is 1. The molecule has 0 unspecified atom stereocenters. The molecule has 1 aliphatic heterocycles. The summed E-state index contributed by atoms with van der Waals surface area (Å²) in [5.41, 5.74) is 1.11. The lowest BCUT2D eigenvalue weighted by Crippen LogP contribution is -2.41. The number of ether oxygens (including phenoxy) is 1. The van der Waals surface area contributed by atoms with Gasteiger partial charge in [0.2, 0.25) is 5.78 Å². The van der Waals surface area contributed by atoms with Crippen LogP contribution >= 0.6 is 0 Å². The number of Topliss-reactive ketones (excluding diaryl/α,β-unsaturated/α-hetero) is 1. The third kappa shape index (κ3) is 3.96. The Morgan fingerprint density at radius 2 is 1.87 bits per heavy atom. The molecule has 30 heavy (non-hydrogen) atoms. The van der Waals surface area contributed by atoms with Crippen LogP contribution in [-0.4, -0.2) is 51.8 Å². The van der Waals surface area contributed by atoms with Gasteiger partial charge in [-0.15, -0.1) is 0 Å². The molecule has 0 saturated carbocycles. The van der Waals surface area contributed by atoms with Gasteiger partial charge in [0.15, 0.2) is 6.61 Å². The highest BCUT2D eigenvalue weighted by atomic mass is 19.1. The standard InChI is InChI=1S/C21H22FN3O5/c1-12-8-16(13(2)25(12)15-7-5-6-14(22)9-15)17(26)11-30-18(27)10-24-19(28)21(3,4)23-20(24)29/h5-9H,10-11H2,1-4H3,(H,23,29). The van der Waals surface area contributed by atoms with E-state index in [-0.39, 0.29) is 0 Å². The first-order chi connectivity index (χ1) is 14.0. The van der Waals surface area contributed by atoms with E-state index in [1.54, 1.807) is 36.6 Å². The van der Waals surface area contributed by atoms with Crippen molar-refractivity contribution < 1.29 is 28.3 Å². The molecule has 2 aromatic rings. The number of urea groups is 1. The second-order valence-corrected chi connectivity index (χ2v) is 7.63. The van der Waals surface area contributed by atoms with E-state index >= 15 is 0 Å². The quantitative estimate of drug-likeness (QED) is 0.444. The highest BCUT2D eigenvalue weighted by Crippen LogP contribution is 2.22. The summed E-state index contributed by atoms with van der Waals surface area (Å²) in [6.45, 7) is 5.41. The SMILES string of the molecule is Cc1cc(C(=O)COC(=O)CN2C(=O)NC(C)(C)C2=O)c(C)n1-c1cccc(F)c1. The zero-order chi connectivity index (χ0) is 22.2. The Hall–Kier alpha value is -3.49. The maximum Gasteiger partial charge on any atom is 0.326 e. The number of benzene rings is 1. The smallest absolute Gasteiger partial charge is 0.326 e. The first-order valence-corrected chi connectivity index (χ1v) is 9.29. The van der Waals surface area contributed by atoms with Gasteiger partial charge in [-0.1, -0.05) is 6.07 Å². The maximum absolute atomic E-state index is 13.6. The zero-order valence-corrected chi connectivity index (χ0v) is 17.1. The molecule has 1 fully saturated rings. The van der Waals surface area contributed by atoms with Crippen molar-refractivity contribution in [3.8, 4) is 5.69 Å². The average molecular weight is 415 g/mol. The summed E-state index contributed by atoms with van der Waals surface area (Å²) in [5, 5.41) is 2.46. The third-order valence-electron chi connectivity index (χ3n) is 4.89. The third-order valence-corrected chi connectivity index (χ3v) is 4.89. The Morgan fingerprint density at radius 3 is 2.47 bits per heavy atom. The largest absolute Gasteiger partial charge is 0.456 e. The lowest BCUT2D eigenvalue weighted by molar-refractivity contribution is -0.146. The van der Waals surface area contributed by atoms with Crippen LogP contribution in [0.3, 0.4) is 0 Å². The molecule has 158 valence electrons. The van der Waals surface area contributed by atoms with Gasteiger partial charge in [-0.2, -0.15) is 0 Å². The summed E-state index contributed by atoms with van der Waals surface area (Å²) in [6, 6.07) is 6.92. The summed E-state index contributed by atoms with van der Waals surface area (Å²) in [4.78, 5) is 49.3. The van der Waals surface area contributed by atoms with Gasteiger partial charge in [0.05, 0.1) is 0 Å². The first-order valence-electron chi connectivity index (χ1n) is 9.29. The fraction of sp³-hybridized carbons (Fsp3) is 0.333. The summed E-state index contributed by atoms with van der Waals surface area (Å²) >= 11 is 0. The second kappa shape index (κ2) is 7.74. The number of carbonyl (C=O) groups is 4. The van der Waals surface area contributed by atoms with Crippen LogP contribution in [-0.2, 0) is 14.3 Å². The molecule has 1 aromatic carbocycles. The Balaban J connectivity index is 1.67. The molecule has 0 bridgehead atoms. The van der Waals surface area contributed by atoms with Gasteiger partial charge < -0.3 is 14.6 Å². The summed E-state index contributed by atoms with van der Waals surface area (Å²) in [7, 11) is 0. The van der Waals surface area contributed by atoms with E-state index in [0.29, 0.717) is 22.6 Å². The topological polar surface area (TPSA) is 97.7 Å². The van der Waals surface area contributed by atoms with E-state index in [0.717, 1.165) is 4.90 Å². The van der Waals surface area contributed by atoms with Gasteiger partial charge in [0, 0.05) is 22.6 Å². The average Bonchev–Trinajstić information content (AvgIpc) is 3.06. The van der Waals surface area contributed by atoms with Gasteiger partial charge >= 0.3 is 12.0 Å². The monoisotopic (exact) mass is 415 g/mol. The van der Waals surface area contributed by atoms with Crippen molar-refractivity contribution in [2.24, 2.45) is 0 Å². The number of aryl methyl sites for hydroxylation is 1. The van der Waals surface area contributed by atoms with Crippen molar-refractivity contribution in [3.63, 3.8) is 0 Å². The molecular formula is C21H22FN3O5. The summed E-state index contributed by atoms with van der Waals surface area (Å²) in [6.07, 6.45) is 0. The summed E-state index contributed by atoms with van der Waals surface area (Å²) in [5.74, 6) is -2.26. The van der Waals surface area contributed by atoms with Crippen molar-refractivity contribution in [3.05, 3.63) is 53.1 Å². The number of esters is 1. The highest BCUT2D eigenvalue weighted by molar-refractivity contribution is 6.08. The number of halogens is 1. The molecule has 0 spiro atoms. The van der Waals surface area contributed by atoms with E-state index in [4.69, 9.17) is 4.74 Å². The van der Waals surface area contributed by atoms with E-state index < -0.39 is 48.2 Å². The minimum atomic E-state index is -1.10. The molecular weight excluding hydrogens is 393 g/mol. The van der Waals surface area contributed by atoms with Crippen molar-refractivity contribution in [1.82, 2.24) is 14.8 Å². The molecule has 0 radical (unpaired) electrons. The van der Waals surface area contributed by atoms with Gasteiger partial charge in [-0.05, 0) is 52.0 Å². The van der Waals surface area contributed by atoms with Gasteiger partial charge in [-0.25, -0.2) is 9.18 Å². The predicted molar refractivity (Wildman–Crippen MR) is 105 cm³/mol. The lowest BCUT2D eigenvalue weighted by Gasteiger charge is -2.15. The Kier molecular flexibility index (Phi) is 5.47. The fourth-order valence-electron chi connectivity index (χ4n) is 3.42. The number of imide groups is 1. The van der Waals surface area contributed by atoms with E-state index in [1.165, 1.54) is 26.0 Å². The Bertz CT molecular complexity index is 1060. The molecule has 0 atom stereocenters. The van der Waals surface area contributed by atoms with Crippen LogP contribution in [0.4, 0.5) is 9.18 Å². The van der Waals surface area contributed by atoms with Crippen LogP contribution in [0.1, 0.15) is 35.6 Å². The zero-order valence-electron chi connectivity index (χ0n) is 17.1. The van der Waals surface area contributed by atoms with E-state index in [9.17, 15) is 23.6 Å². The van der Waals surface area contributed by atoms with E-state index in [2.05, 4.69) is 5.32 Å². The van der Waals surface area contributed by atoms with E-state index in [1.807, 2.05) is 0 Å². The number of hydrogen-bond acceptors (Lipinski definition) is 5. The number of carbonyl (C=O) groups excluding carboxylic acids is 4. The minimum Gasteiger partial charge on any atom is -0.456 e. The number of rotatable bonds is 6. The van der Waals surface area contributed by atoms with Crippen molar-refractivity contribution >= 4 is 23.7 Å². The predicted octanol–water partition coefficient (Wildman–Crippen LogP) is 2.29. The van der Waals surface area contributed by atoms with Crippen LogP contribution in [0.15, 0.2) is 30.3 Å². The number of nitrogens with zero attached hydrogens (tertiary/aromatic N) is 2. The van der Waals surface area contributed by atoms with Crippen LogP contribution in [0.2, 0.25) is 0 Å². The van der Waals surface area contributed by atoms with Crippen molar-refractivity contribution in [2.45, 2.75) is 33.2 Å². The maximum atomic E-state index is 13.6. The molecule has 9 heteroatoms. The normalized spacial score (nSPS) is 15.3. The Labute approximate surface area is 172 Å². The van der Waals surface area contributed by atoms with Crippen LogP contribution in [0.5, 0.6) is 0 Å². The van der Waals surface area contributed by atoms with Gasteiger partial charge in [-0.3, -0.25) is 19.3 Å². The van der Waals surface area contributed by atoms with Crippen LogP contribution in [0, 0.1) is 19.7 Å². The molecule has 1 saturated heterocycles. The molecule has 0 aliphatic carbocycles. The number of amides is 3. The highest BCUT2D eigenvalue weighted by Gasteiger charge is 2.45. The lowest BCUT2D eigenvalue weighted by atomic mass is 10.1. The molecule has 1 N–H and O–H groups in total. The van der Waals surface area contributed by atoms with Gasteiger partial charge in [0.25, 0.3) is 5.91 Å². The summed E-state index contributed by atoms with van der Waals surface area (Å²) < 4.78 is 20.3.